The van der Waals surface area contributed by atoms with E-state index >= 15 is 0 Å². The van der Waals surface area contributed by atoms with Gasteiger partial charge in [0.05, 0.1) is 12.5 Å². The van der Waals surface area contributed by atoms with Crippen LogP contribution in [0.4, 0.5) is 0 Å². The SMILES string of the molecule is O=C(Cc1cccs1)NC(c1ccc(Cl)cc1)C1CC1. The van der Waals surface area contributed by atoms with Gasteiger partial charge in [-0.1, -0.05) is 29.8 Å². The van der Waals surface area contributed by atoms with Crippen molar-refractivity contribution in [3.63, 3.8) is 0 Å². The fraction of sp³-hybridized carbons (Fsp3) is 0.312. The first-order chi connectivity index (χ1) is 9.72. The van der Waals surface area contributed by atoms with Crippen LogP contribution in [0, 0.1) is 5.92 Å². The Balaban J connectivity index is 1.68. The molecule has 1 aromatic heterocycles. The van der Waals surface area contributed by atoms with Crippen molar-refractivity contribution < 1.29 is 4.79 Å². The fourth-order valence-corrected chi connectivity index (χ4v) is 3.20. The second kappa shape index (κ2) is 5.98. The van der Waals surface area contributed by atoms with Gasteiger partial charge in [-0.05, 0) is 47.9 Å². The number of thiophene rings is 1. The van der Waals surface area contributed by atoms with E-state index in [0.717, 1.165) is 15.5 Å². The summed E-state index contributed by atoms with van der Waals surface area (Å²) in [6.45, 7) is 0. The fourth-order valence-electron chi connectivity index (χ4n) is 2.37. The average Bonchev–Trinajstić information content (AvgIpc) is 3.16. The van der Waals surface area contributed by atoms with Gasteiger partial charge in [0, 0.05) is 9.90 Å². The first-order valence-corrected chi connectivity index (χ1v) is 8.05. The molecule has 104 valence electrons. The van der Waals surface area contributed by atoms with Crippen LogP contribution in [0.2, 0.25) is 5.02 Å². The summed E-state index contributed by atoms with van der Waals surface area (Å²) in [6, 6.07) is 11.9. The van der Waals surface area contributed by atoms with Crippen molar-refractivity contribution in [2.24, 2.45) is 5.92 Å². The minimum atomic E-state index is 0.0966. The van der Waals surface area contributed by atoms with Gasteiger partial charge >= 0.3 is 0 Å². The maximum absolute atomic E-state index is 12.2. The Morgan fingerprint density at radius 2 is 2.05 bits per heavy atom. The van der Waals surface area contributed by atoms with Crippen molar-refractivity contribution >= 4 is 28.8 Å². The third-order valence-corrected chi connectivity index (χ3v) is 4.68. The van der Waals surface area contributed by atoms with Gasteiger partial charge in [-0.3, -0.25) is 4.79 Å². The van der Waals surface area contributed by atoms with E-state index in [1.165, 1.54) is 12.8 Å². The van der Waals surface area contributed by atoms with Crippen molar-refractivity contribution in [3.05, 3.63) is 57.2 Å². The Kier molecular flexibility index (Phi) is 4.08. The minimum absolute atomic E-state index is 0.0966. The lowest BCUT2D eigenvalue weighted by Crippen LogP contribution is -2.30. The molecule has 0 bridgehead atoms. The smallest absolute Gasteiger partial charge is 0.225 e. The Hall–Kier alpha value is -1.32. The highest BCUT2D eigenvalue weighted by atomic mass is 35.5. The quantitative estimate of drug-likeness (QED) is 0.881. The molecule has 1 heterocycles. The number of nitrogens with one attached hydrogen (secondary N) is 1. The van der Waals surface area contributed by atoms with Crippen LogP contribution in [0.15, 0.2) is 41.8 Å². The van der Waals surface area contributed by atoms with Gasteiger partial charge in [0.15, 0.2) is 0 Å². The second-order valence-electron chi connectivity index (χ2n) is 5.19. The van der Waals surface area contributed by atoms with Crippen LogP contribution in [0.25, 0.3) is 0 Å². The number of hydrogen-bond acceptors (Lipinski definition) is 2. The van der Waals surface area contributed by atoms with Crippen LogP contribution in [0.5, 0.6) is 0 Å². The molecule has 1 N–H and O–H groups in total. The highest BCUT2D eigenvalue weighted by Crippen LogP contribution is 2.41. The molecule has 4 heteroatoms. The number of rotatable bonds is 5. The molecule has 1 atom stereocenters. The lowest BCUT2D eigenvalue weighted by molar-refractivity contribution is -0.121. The summed E-state index contributed by atoms with van der Waals surface area (Å²) in [7, 11) is 0. The predicted molar refractivity (Wildman–Crippen MR) is 83.1 cm³/mol. The van der Waals surface area contributed by atoms with Crippen molar-refractivity contribution in [1.29, 1.82) is 0 Å². The molecule has 20 heavy (non-hydrogen) atoms. The molecule has 1 unspecified atom stereocenters. The molecule has 1 aliphatic rings. The van der Waals surface area contributed by atoms with Crippen LogP contribution in [-0.2, 0) is 11.2 Å². The van der Waals surface area contributed by atoms with E-state index in [1.807, 2.05) is 41.8 Å². The van der Waals surface area contributed by atoms with Gasteiger partial charge in [0.2, 0.25) is 5.91 Å². The topological polar surface area (TPSA) is 29.1 Å². The zero-order chi connectivity index (χ0) is 13.9. The Labute approximate surface area is 127 Å². The number of carbonyl (C=O) groups is 1. The van der Waals surface area contributed by atoms with E-state index in [0.29, 0.717) is 12.3 Å². The minimum Gasteiger partial charge on any atom is -0.349 e. The van der Waals surface area contributed by atoms with Crippen molar-refractivity contribution in [2.45, 2.75) is 25.3 Å². The lowest BCUT2D eigenvalue weighted by Gasteiger charge is -2.18. The van der Waals surface area contributed by atoms with E-state index in [2.05, 4.69) is 5.32 Å². The maximum Gasteiger partial charge on any atom is 0.225 e. The third-order valence-electron chi connectivity index (χ3n) is 3.55. The summed E-state index contributed by atoms with van der Waals surface area (Å²) in [5.41, 5.74) is 1.15. The van der Waals surface area contributed by atoms with Gasteiger partial charge in [-0.25, -0.2) is 0 Å². The summed E-state index contributed by atoms with van der Waals surface area (Å²) >= 11 is 7.55. The van der Waals surface area contributed by atoms with Crippen LogP contribution in [0.1, 0.15) is 29.3 Å². The van der Waals surface area contributed by atoms with Crippen LogP contribution in [0.3, 0.4) is 0 Å². The number of hydrogen-bond donors (Lipinski definition) is 1. The van der Waals surface area contributed by atoms with Crippen LogP contribution in [-0.4, -0.2) is 5.91 Å². The monoisotopic (exact) mass is 305 g/mol. The first kappa shape index (κ1) is 13.7. The highest BCUT2D eigenvalue weighted by Gasteiger charge is 2.33. The Bertz CT molecular complexity index is 575. The molecular formula is C16H16ClNOS. The predicted octanol–water partition coefficient (Wildman–Crippen LogP) is 4.21. The number of carbonyl (C=O) groups excluding carboxylic acids is 1. The van der Waals surface area contributed by atoms with Crippen molar-refractivity contribution in [3.8, 4) is 0 Å². The van der Waals surface area contributed by atoms with Gasteiger partial charge < -0.3 is 5.32 Å². The molecule has 1 saturated carbocycles. The Morgan fingerprint density at radius 3 is 2.65 bits per heavy atom. The molecule has 2 nitrogen and oxygen atoms in total. The number of halogens is 1. The van der Waals surface area contributed by atoms with Crippen LogP contribution < -0.4 is 5.32 Å². The van der Waals surface area contributed by atoms with Crippen LogP contribution >= 0.6 is 22.9 Å². The number of amides is 1. The maximum atomic E-state index is 12.2. The summed E-state index contributed by atoms with van der Waals surface area (Å²) in [5.74, 6) is 0.669. The molecule has 0 spiro atoms. The zero-order valence-corrected chi connectivity index (χ0v) is 12.6. The first-order valence-electron chi connectivity index (χ1n) is 6.79. The molecule has 0 saturated heterocycles. The summed E-state index contributed by atoms with van der Waals surface area (Å²) in [6.07, 6.45) is 2.84. The summed E-state index contributed by atoms with van der Waals surface area (Å²) in [5, 5.41) is 5.91. The van der Waals surface area contributed by atoms with Gasteiger partial charge in [0.25, 0.3) is 0 Å². The standard InChI is InChI=1S/C16H16ClNOS/c17-13-7-5-12(6-8-13)16(11-3-4-11)18-15(19)10-14-2-1-9-20-14/h1-2,5-9,11,16H,3-4,10H2,(H,18,19). The molecular weight excluding hydrogens is 290 g/mol. The van der Waals surface area contributed by atoms with E-state index in [-0.39, 0.29) is 11.9 Å². The van der Waals surface area contributed by atoms with Gasteiger partial charge in [-0.2, -0.15) is 0 Å². The van der Waals surface area contributed by atoms with E-state index in [9.17, 15) is 4.79 Å². The van der Waals surface area contributed by atoms with E-state index < -0.39 is 0 Å². The largest absolute Gasteiger partial charge is 0.349 e. The molecule has 0 aliphatic heterocycles. The molecule has 1 amide bonds. The molecule has 3 rings (SSSR count). The highest BCUT2D eigenvalue weighted by molar-refractivity contribution is 7.10. The molecule has 1 fully saturated rings. The van der Waals surface area contributed by atoms with Gasteiger partial charge in [-0.15, -0.1) is 11.3 Å². The molecule has 0 radical (unpaired) electrons. The zero-order valence-electron chi connectivity index (χ0n) is 11.0. The lowest BCUT2D eigenvalue weighted by atomic mass is 10.0. The molecule has 1 aromatic carbocycles. The summed E-state index contributed by atoms with van der Waals surface area (Å²) in [4.78, 5) is 13.3. The van der Waals surface area contributed by atoms with Crippen molar-refractivity contribution in [2.75, 3.05) is 0 Å². The summed E-state index contributed by atoms with van der Waals surface area (Å²) < 4.78 is 0. The second-order valence-corrected chi connectivity index (χ2v) is 6.66. The van der Waals surface area contributed by atoms with E-state index in [1.54, 1.807) is 11.3 Å². The van der Waals surface area contributed by atoms with E-state index in [4.69, 9.17) is 11.6 Å². The molecule has 2 aromatic rings. The normalized spacial score (nSPS) is 15.8. The third kappa shape index (κ3) is 3.41. The molecule has 1 aliphatic carbocycles. The van der Waals surface area contributed by atoms with Gasteiger partial charge in [0.1, 0.15) is 0 Å². The Morgan fingerprint density at radius 1 is 1.30 bits per heavy atom. The number of benzene rings is 1. The average molecular weight is 306 g/mol. The van der Waals surface area contributed by atoms with Crippen molar-refractivity contribution in [1.82, 2.24) is 5.32 Å².